The summed E-state index contributed by atoms with van der Waals surface area (Å²) in [5.41, 5.74) is 5.88. The van der Waals surface area contributed by atoms with E-state index in [-0.39, 0.29) is 0 Å². The fourth-order valence-electron chi connectivity index (χ4n) is 3.61. The van der Waals surface area contributed by atoms with E-state index in [1.54, 1.807) is 7.11 Å². The molecule has 2 unspecified atom stereocenters. The molecule has 0 radical (unpaired) electrons. The van der Waals surface area contributed by atoms with Crippen LogP contribution in [-0.4, -0.2) is 43.8 Å². The molecule has 2 fully saturated rings. The lowest BCUT2D eigenvalue weighted by atomic mass is 9.95. The molecule has 2 rings (SSSR count). The second kappa shape index (κ2) is 5.99. The molecule has 94 valence electrons. The quantitative estimate of drug-likeness (QED) is 0.774. The minimum absolute atomic E-state index is 0.443. The largest absolute Gasteiger partial charge is 0.383 e. The van der Waals surface area contributed by atoms with Crippen LogP contribution in [-0.2, 0) is 4.74 Å². The third kappa shape index (κ3) is 2.58. The summed E-state index contributed by atoms with van der Waals surface area (Å²) >= 11 is 0. The Balaban J connectivity index is 1.95. The number of ether oxygens (including phenoxy) is 1. The first-order valence-corrected chi connectivity index (χ1v) is 6.81. The molecule has 16 heavy (non-hydrogen) atoms. The van der Waals surface area contributed by atoms with Gasteiger partial charge in [-0.1, -0.05) is 12.8 Å². The number of nitrogens with two attached hydrogens (primary N) is 1. The molecule has 1 heterocycles. The highest BCUT2D eigenvalue weighted by Gasteiger charge is 2.36. The summed E-state index contributed by atoms with van der Waals surface area (Å²) in [7, 11) is 1.78. The maximum Gasteiger partial charge on any atom is 0.0630 e. The van der Waals surface area contributed by atoms with Gasteiger partial charge in [0.1, 0.15) is 0 Å². The summed E-state index contributed by atoms with van der Waals surface area (Å²) in [6.45, 7) is 2.75. The number of rotatable bonds is 5. The minimum Gasteiger partial charge on any atom is -0.383 e. The van der Waals surface area contributed by atoms with E-state index in [2.05, 4.69) is 4.90 Å². The lowest BCUT2D eigenvalue weighted by Gasteiger charge is -2.35. The van der Waals surface area contributed by atoms with Crippen molar-refractivity contribution in [3.05, 3.63) is 0 Å². The zero-order valence-electron chi connectivity index (χ0n) is 10.5. The molecule has 3 nitrogen and oxygen atoms in total. The van der Waals surface area contributed by atoms with Gasteiger partial charge in [-0.2, -0.15) is 0 Å². The van der Waals surface area contributed by atoms with Crippen LogP contribution in [0.3, 0.4) is 0 Å². The Bertz CT molecular complexity index is 204. The van der Waals surface area contributed by atoms with Crippen molar-refractivity contribution in [1.29, 1.82) is 0 Å². The zero-order chi connectivity index (χ0) is 11.4. The molecule has 1 saturated carbocycles. The first-order chi connectivity index (χ1) is 7.86. The molecular formula is C13H26N2O. The van der Waals surface area contributed by atoms with Crippen LogP contribution in [0.4, 0.5) is 0 Å². The number of likely N-dealkylation sites (tertiary alicyclic amines) is 1. The van der Waals surface area contributed by atoms with Crippen molar-refractivity contribution in [2.24, 2.45) is 11.7 Å². The standard InChI is InChI=1S/C13H26N2O/c1-16-10-12(9-14)15-8-4-7-13(15)11-5-2-3-6-11/h11-13H,2-10,14H2,1H3. The van der Waals surface area contributed by atoms with Gasteiger partial charge in [-0.15, -0.1) is 0 Å². The Labute approximate surface area is 99.3 Å². The fraction of sp³-hybridized carbons (Fsp3) is 1.00. The molecule has 3 heteroatoms. The van der Waals surface area contributed by atoms with Crippen molar-refractivity contribution < 1.29 is 4.74 Å². The van der Waals surface area contributed by atoms with Crippen LogP contribution in [0.5, 0.6) is 0 Å². The minimum atomic E-state index is 0.443. The first-order valence-electron chi connectivity index (χ1n) is 6.81. The summed E-state index contributed by atoms with van der Waals surface area (Å²) in [6.07, 6.45) is 8.47. The second-order valence-corrected chi connectivity index (χ2v) is 5.34. The maximum atomic E-state index is 5.88. The third-order valence-corrected chi connectivity index (χ3v) is 4.39. The molecule has 1 aliphatic heterocycles. The van der Waals surface area contributed by atoms with Crippen molar-refractivity contribution in [2.45, 2.75) is 50.6 Å². The molecule has 0 aromatic rings. The van der Waals surface area contributed by atoms with Crippen molar-refractivity contribution in [3.63, 3.8) is 0 Å². The average Bonchev–Trinajstić information content (AvgIpc) is 2.94. The van der Waals surface area contributed by atoms with E-state index in [9.17, 15) is 0 Å². The van der Waals surface area contributed by atoms with E-state index < -0.39 is 0 Å². The average molecular weight is 226 g/mol. The second-order valence-electron chi connectivity index (χ2n) is 5.34. The van der Waals surface area contributed by atoms with Gasteiger partial charge in [-0.25, -0.2) is 0 Å². The topological polar surface area (TPSA) is 38.5 Å². The van der Waals surface area contributed by atoms with Gasteiger partial charge < -0.3 is 10.5 Å². The Kier molecular flexibility index (Phi) is 4.62. The van der Waals surface area contributed by atoms with E-state index >= 15 is 0 Å². The molecule has 1 saturated heterocycles. The zero-order valence-corrected chi connectivity index (χ0v) is 10.5. The molecule has 2 atom stereocenters. The highest BCUT2D eigenvalue weighted by atomic mass is 16.5. The number of hydrogen-bond acceptors (Lipinski definition) is 3. The SMILES string of the molecule is COCC(CN)N1CCCC1C1CCCC1. The monoisotopic (exact) mass is 226 g/mol. The molecule has 0 aromatic heterocycles. The lowest BCUT2D eigenvalue weighted by molar-refractivity contribution is 0.0683. The van der Waals surface area contributed by atoms with Crippen LogP contribution in [0.15, 0.2) is 0 Å². The Morgan fingerprint density at radius 3 is 2.62 bits per heavy atom. The van der Waals surface area contributed by atoms with Gasteiger partial charge >= 0.3 is 0 Å². The normalized spacial score (nSPS) is 30.0. The lowest BCUT2D eigenvalue weighted by Crippen LogP contribution is -2.48. The van der Waals surface area contributed by atoms with Crippen molar-refractivity contribution in [1.82, 2.24) is 4.90 Å². The molecule has 1 aliphatic carbocycles. The molecular weight excluding hydrogens is 200 g/mol. The fourth-order valence-corrected chi connectivity index (χ4v) is 3.61. The molecule has 0 aromatic carbocycles. The van der Waals surface area contributed by atoms with Crippen LogP contribution in [0.25, 0.3) is 0 Å². The summed E-state index contributed by atoms with van der Waals surface area (Å²) in [5, 5.41) is 0. The molecule has 2 aliphatic rings. The highest BCUT2D eigenvalue weighted by molar-refractivity contribution is 4.91. The van der Waals surface area contributed by atoms with Gasteiger partial charge in [0.2, 0.25) is 0 Å². The van der Waals surface area contributed by atoms with Crippen LogP contribution in [0.2, 0.25) is 0 Å². The Hall–Kier alpha value is -0.120. The van der Waals surface area contributed by atoms with Gasteiger partial charge in [-0.05, 0) is 38.1 Å². The van der Waals surface area contributed by atoms with Crippen molar-refractivity contribution in [3.8, 4) is 0 Å². The molecule has 0 amide bonds. The summed E-state index contributed by atoms with van der Waals surface area (Å²) in [4.78, 5) is 2.64. The van der Waals surface area contributed by atoms with E-state index in [1.165, 1.54) is 45.1 Å². The Morgan fingerprint density at radius 2 is 2.00 bits per heavy atom. The van der Waals surface area contributed by atoms with Crippen molar-refractivity contribution in [2.75, 3.05) is 26.8 Å². The van der Waals surface area contributed by atoms with Crippen LogP contribution < -0.4 is 5.73 Å². The van der Waals surface area contributed by atoms with Gasteiger partial charge in [0.15, 0.2) is 0 Å². The molecule has 0 spiro atoms. The summed E-state index contributed by atoms with van der Waals surface area (Å²) in [5.74, 6) is 0.938. The van der Waals surface area contributed by atoms with Crippen molar-refractivity contribution >= 4 is 0 Å². The highest BCUT2D eigenvalue weighted by Crippen LogP contribution is 2.36. The molecule has 0 bridgehead atoms. The predicted molar refractivity (Wildman–Crippen MR) is 66.4 cm³/mol. The predicted octanol–water partition coefficient (Wildman–Crippen LogP) is 1.61. The summed E-state index contributed by atoms with van der Waals surface area (Å²) in [6, 6.07) is 1.24. The number of methoxy groups -OCH3 is 1. The van der Waals surface area contributed by atoms with Gasteiger partial charge in [0.25, 0.3) is 0 Å². The van der Waals surface area contributed by atoms with Gasteiger partial charge in [0.05, 0.1) is 6.61 Å². The first kappa shape index (κ1) is 12.3. The van der Waals surface area contributed by atoms with E-state index in [1.807, 2.05) is 0 Å². The Morgan fingerprint density at radius 1 is 1.25 bits per heavy atom. The summed E-state index contributed by atoms with van der Waals surface area (Å²) < 4.78 is 5.30. The van der Waals surface area contributed by atoms with E-state index in [0.717, 1.165) is 25.1 Å². The number of nitrogens with zero attached hydrogens (tertiary/aromatic N) is 1. The van der Waals surface area contributed by atoms with E-state index in [4.69, 9.17) is 10.5 Å². The maximum absolute atomic E-state index is 5.88. The van der Waals surface area contributed by atoms with Gasteiger partial charge in [0, 0.05) is 25.7 Å². The van der Waals surface area contributed by atoms with Crippen LogP contribution in [0, 0.1) is 5.92 Å². The van der Waals surface area contributed by atoms with E-state index in [0.29, 0.717) is 6.04 Å². The smallest absolute Gasteiger partial charge is 0.0630 e. The van der Waals surface area contributed by atoms with Crippen LogP contribution in [0.1, 0.15) is 38.5 Å². The molecule has 2 N–H and O–H groups in total. The number of hydrogen-bond donors (Lipinski definition) is 1. The van der Waals surface area contributed by atoms with Gasteiger partial charge in [-0.3, -0.25) is 4.90 Å². The third-order valence-electron chi connectivity index (χ3n) is 4.39. The van der Waals surface area contributed by atoms with Crippen LogP contribution >= 0.6 is 0 Å².